The maximum atomic E-state index is 4.21. The first-order chi connectivity index (χ1) is 9.12. The van der Waals surface area contributed by atoms with Crippen LogP contribution in [-0.4, -0.2) is 28.5 Å². The van der Waals surface area contributed by atoms with Crippen molar-refractivity contribution in [2.45, 2.75) is 19.3 Å². The van der Waals surface area contributed by atoms with E-state index in [0.717, 1.165) is 18.2 Å². The number of anilines is 2. The van der Waals surface area contributed by atoms with E-state index >= 15 is 0 Å². The average Bonchev–Trinajstić information content (AvgIpc) is 2.46. The highest BCUT2D eigenvalue weighted by molar-refractivity contribution is 5.46. The van der Waals surface area contributed by atoms with Crippen molar-refractivity contribution < 1.29 is 0 Å². The van der Waals surface area contributed by atoms with Gasteiger partial charge in [0.15, 0.2) is 0 Å². The van der Waals surface area contributed by atoms with Crippen molar-refractivity contribution >= 4 is 11.6 Å². The number of rotatable bonds is 5. The quantitative estimate of drug-likeness (QED) is 0.860. The molecule has 0 radical (unpaired) electrons. The molecule has 2 aromatic rings. The van der Waals surface area contributed by atoms with Gasteiger partial charge in [-0.25, -0.2) is 9.97 Å². The molecule has 0 aliphatic rings. The van der Waals surface area contributed by atoms with E-state index in [1.165, 1.54) is 5.56 Å². The average molecular weight is 257 g/mol. The molecule has 0 amide bonds. The van der Waals surface area contributed by atoms with Crippen LogP contribution in [-0.2, 0) is 5.41 Å². The van der Waals surface area contributed by atoms with Crippen LogP contribution in [0.1, 0.15) is 19.4 Å². The van der Waals surface area contributed by atoms with Crippen molar-refractivity contribution in [3.05, 3.63) is 42.5 Å². The van der Waals surface area contributed by atoms with Crippen molar-refractivity contribution in [2.24, 2.45) is 0 Å². The van der Waals surface area contributed by atoms with Gasteiger partial charge in [0.2, 0.25) is 0 Å². The molecule has 0 saturated heterocycles. The summed E-state index contributed by atoms with van der Waals surface area (Å²) in [6.07, 6.45) is 5.24. The summed E-state index contributed by atoms with van der Waals surface area (Å²) in [5.41, 5.74) is 1.18. The van der Waals surface area contributed by atoms with Crippen molar-refractivity contribution in [1.29, 1.82) is 0 Å². The monoisotopic (exact) mass is 257 g/mol. The molecule has 0 aliphatic carbocycles. The molecule has 0 saturated carbocycles. The SMILES string of the molecule is CNc1cc(NCC(C)(C)c2cccnc2)ncn1. The van der Waals surface area contributed by atoms with E-state index in [1.54, 1.807) is 12.5 Å². The molecule has 2 N–H and O–H groups in total. The summed E-state index contributed by atoms with van der Waals surface area (Å²) in [4.78, 5) is 12.5. The van der Waals surface area contributed by atoms with E-state index in [1.807, 2.05) is 25.4 Å². The Kier molecular flexibility index (Phi) is 3.94. The van der Waals surface area contributed by atoms with Crippen LogP contribution >= 0.6 is 0 Å². The first-order valence-electron chi connectivity index (χ1n) is 6.26. The molecule has 100 valence electrons. The van der Waals surface area contributed by atoms with Gasteiger partial charge >= 0.3 is 0 Å². The summed E-state index contributed by atoms with van der Waals surface area (Å²) >= 11 is 0. The van der Waals surface area contributed by atoms with E-state index < -0.39 is 0 Å². The van der Waals surface area contributed by atoms with E-state index in [-0.39, 0.29) is 5.41 Å². The molecule has 0 bridgehead atoms. The summed E-state index contributed by atoms with van der Waals surface area (Å²) < 4.78 is 0. The molecule has 0 aromatic carbocycles. The second-order valence-corrected chi connectivity index (χ2v) is 5.02. The smallest absolute Gasteiger partial charge is 0.131 e. The van der Waals surface area contributed by atoms with E-state index in [2.05, 4.69) is 45.5 Å². The third-order valence-electron chi connectivity index (χ3n) is 3.08. The van der Waals surface area contributed by atoms with Crippen LogP contribution in [0.4, 0.5) is 11.6 Å². The molecule has 0 aliphatic heterocycles. The van der Waals surface area contributed by atoms with Gasteiger partial charge in [-0.05, 0) is 11.6 Å². The van der Waals surface area contributed by atoms with Crippen LogP contribution in [0, 0.1) is 0 Å². The molecule has 2 heterocycles. The van der Waals surface area contributed by atoms with Gasteiger partial charge in [-0.2, -0.15) is 0 Å². The fraction of sp³-hybridized carbons (Fsp3) is 0.357. The Morgan fingerprint density at radius 3 is 2.68 bits per heavy atom. The van der Waals surface area contributed by atoms with Gasteiger partial charge in [-0.15, -0.1) is 0 Å². The zero-order chi connectivity index (χ0) is 13.7. The highest BCUT2D eigenvalue weighted by Crippen LogP contribution is 2.22. The lowest BCUT2D eigenvalue weighted by molar-refractivity contribution is 0.554. The van der Waals surface area contributed by atoms with Crippen molar-refractivity contribution in [3.8, 4) is 0 Å². The number of hydrogen-bond donors (Lipinski definition) is 2. The Morgan fingerprint density at radius 1 is 1.21 bits per heavy atom. The molecular formula is C14H19N5. The van der Waals surface area contributed by atoms with Crippen molar-refractivity contribution in [1.82, 2.24) is 15.0 Å². The summed E-state index contributed by atoms with van der Waals surface area (Å²) in [5.74, 6) is 1.62. The minimum atomic E-state index is -0.0149. The lowest BCUT2D eigenvalue weighted by Crippen LogP contribution is -2.28. The largest absolute Gasteiger partial charge is 0.373 e. The summed E-state index contributed by atoms with van der Waals surface area (Å²) in [7, 11) is 1.84. The second kappa shape index (κ2) is 5.65. The van der Waals surface area contributed by atoms with Gasteiger partial charge in [0, 0.05) is 37.5 Å². The van der Waals surface area contributed by atoms with Crippen molar-refractivity contribution in [2.75, 3.05) is 24.2 Å². The predicted molar refractivity (Wildman–Crippen MR) is 77.3 cm³/mol. The summed E-state index contributed by atoms with van der Waals surface area (Å²) in [6, 6.07) is 5.94. The minimum absolute atomic E-state index is 0.0149. The van der Waals surface area contributed by atoms with Crippen molar-refractivity contribution in [3.63, 3.8) is 0 Å². The first kappa shape index (κ1) is 13.3. The fourth-order valence-corrected chi connectivity index (χ4v) is 1.77. The Hall–Kier alpha value is -2.17. The Balaban J connectivity index is 2.05. The number of pyridine rings is 1. The molecule has 5 nitrogen and oxygen atoms in total. The highest BCUT2D eigenvalue weighted by Gasteiger charge is 2.20. The molecule has 0 fully saturated rings. The van der Waals surface area contributed by atoms with Gasteiger partial charge in [0.05, 0.1) is 0 Å². The maximum Gasteiger partial charge on any atom is 0.131 e. The molecule has 19 heavy (non-hydrogen) atoms. The van der Waals surface area contributed by atoms with Gasteiger partial charge in [0.25, 0.3) is 0 Å². The molecular weight excluding hydrogens is 238 g/mol. The summed E-state index contributed by atoms with van der Waals surface area (Å²) in [5, 5.41) is 6.33. The van der Waals surface area contributed by atoms with Crippen LogP contribution in [0.25, 0.3) is 0 Å². The highest BCUT2D eigenvalue weighted by atomic mass is 15.1. The third kappa shape index (κ3) is 3.40. The van der Waals surface area contributed by atoms with Crippen LogP contribution in [0.2, 0.25) is 0 Å². The van der Waals surface area contributed by atoms with Crippen LogP contribution in [0.3, 0.4) is 0 Å². The normalized spacial score (nSPS) is 11.1. The lowest BCUT2D eigenvalue weighted by atomic mass is 9.86. The number of nitrogens with zero attached hydrogens (tertiary/aromatic N) is 3. The van der Waals surface area contributed by atoms with Gasteiger partial charge in [-0.1, -0.05) is 19.9 Å². The van der Waals surface area contributed by atoms with Gasteiger partial charge in [-0.3, -0.25) is 4.98 Å². The summed E-state index contributed by atoms with van der Waals surface area (Å²) in [6.45, 7) is 5.13. The zero-order valence-corrected chi connectivity index (χ0v) is 11.5. The zero-order valence-electron chi connectivity index (χ0n) is 11.5. The first-order valence-corrected chi connectivity index (χ1v) is 6.26. The lowest BCUT2D eigenvalue weighted by Gasteiger charge is -2.25. The van der Waals surface area contributed by atoms with Gasteiger partial charge in [0.1, 0.15) is 18.0 Å². The molecule has 2 aromatic heterocycles. The Labute approximate surface area is 113 Å². The van der Waals surface area contributed by atoms with Crippen LogP contribution in [0.15, 0.2) is 36.9 Å². The molecule has 5 heteroatoms. The van der Waals surface area contributed by atoms with E-state index in [4.69, 9.17) is 0 Å². The molecule has 0 unspecified atom stereocenters. The number of hydrogen-bond acceptors (Lipinski definition) is 5. The topological polar surface area (TPSA) is 62.7 Å². The van der Waals surface area contributed by atoms with E-state index in [9.17, 15) is 0 Å². The maximum absolute atomic E-state index is 4.21. The predicted octanol–water partition coefficient (Wildman–Crippen LogP) is 2.30. The second-order valence-electron chi connectivity index (χ2n) is 5.02. The fourth-order valence-electron chi connectivity index (χ4n) is 1.77. The Morgan fingerprint density at radius 2 is 2.00 bits per heavy atom. The minimum Gasteiger partial charge on any atom is -0.373 e. The molecule has 2 rings (SSSR count). The standard InChI is InChI=1S/C14H19N5/c1-14(2,11-5-4-6-16-8-11)9-17-13-7-12(15-3)18-10-19-13/h4-8,10H,9H2,1-3H3,(H2,15,17,18,19). The Bertz CT molecular complexity index is 524. The molecule has 0 atom stereocenters. The van der Waals surface area contributed by atoms with Crippen LogP contribution < -0.4 is 10.6 Å². The number of aromatic nitrogens is 3. The molecule has 0 spiro atoms. The van der Waals surface area contributed by atoms with Gasteiger partial charge < -0.3 is 10.6 Å². The number of nitrogens with one attached hydrogen (secondary N) is 2. The van der Waals surface area contributed by atoms with Crippen LogP contribution in [0.5, 0.6) is 0 Å². The van der Waals surface area contributed by atoms with E-state index in [0.29, 0.717) is 0 Å². The third-order valence-corrected chi connectivity index (χ3v) is 3.08.